The second kappa shape index (κ2) is 10.1. The molecule has 6 heteroatoms. The third-order valence-corrected chi connectivity index (χ3v) is 3.05. The molecule has 0 unspecified atom stereocenters. The number of nitrogens with one attached hydrogen (secondary N) is 2. The molecular formula is C17H20CuN2O2S. The zero-order valence-electron chi connectivity index (χ0n) is 13.1. The molecule has 0 aromatic heterocycles. The summed E-state index contributed by atoms with van der Waals surface area (Å²) in [5, 5.41) is 6.80. The fourth-order valence-electron chi connectivity index (χ4n) is 1.90. The van der Waals surface area contributed by atoms with Gasteiger partial charge >= 0.3 is 0 Å². The fraction of sp³-hybridized carbons (Fsp3) is 0.235. The van der Waals surface area contributed by atoms with Crippen LogP contribution in [0.1, 0.15) is 13.8 Å². The van der Waals surface area contributed by atoms with Crippen LogP contribution in [0, 0.1) is 0 Å². The number of benzene rings is 2. The molecule has 23 heavy (non-hydrogen) atoms. The average Bonchev–Trinajstić information content (AvgIpc) is 2.52. The van der Waals surface area contributed by atoms with Crippen molar-refractivity contribution in [2.75, 3.05) is 23.8 Å². The van der Waals surface area contributed by atoms with Crippen LogP contribution in [0.5, 0.6) is 11.5 Å². The Morgan fingerprint density at radius 3 is 1.43 bits per heavy atom. The first-order valence-corrected chi connectivity index (χ1v) is 7.65. The SMILES string of the molecule is CCOc1ccc(NC(=S)Nc2ccc(OCC)cc2)cc1.[Cu]. The molecule has 2 aromatic carbocycles. The summed E-state index contributed by atoms with van der Waals surface area (Å²) in [5.74, 6) is 1.69. The molecule has 0 aliphatic carbocycles. The van der Waals surface area contributed by atoms with Crippen LogP contribution in [0.4, 0.5) is 11.4 Å². The van der Waals surface area contributed by atoms with E-state index in [2.05, 4.69) is 10.6 Å². The van der Waals surface area contributed by atoms with E-state index in [-0.39, 0.29) is 17.1 Å². The molecule has 0 saturated carbocycles. The molecule has 0 aliphatic heterocycles. The monoisotopic (exact) mass is 379 g/mol. The van der Waals surface area contributed by atoms with Gasteiger partial charge in [-0.15, -0.1) is 0 Å². The molecule has 1 radical (unpaired) electrons. The van der Waals surface area contributed by atoms with E-state index in [1.54, 1.807) is 0 Å². The van der Waals surface area contributed by atoms with Crippen LogP contribution in [0.3, 0.4) is 0 Å². The normalized spacial score (nSPS) is 9.48. The topological polar surface area (TPSA) is 42.5 Å². The van der Waals surface area contributed by atoms with Crippen LogP contribution in [0.2, 0.25) is 0 Å². The van der Waals surface area contributed by atoms with Gasteiger partial charge in [-0.3, -0.25) is 0 Å². The Morgan fingerprint density at radius 2 is 1.13 bits per heavy atom. The van der Waals surface area contributed by atoms with E-state index in [4.69, 9.17) is 21.7 Å². The summed E-state index contributed by atoms with van der Waals surface area (Å²) in [7, 11) is 0. The maximum atomic E-state index is 5.40. The maximum absolute atomic E-state index is 5.40. The average molecular weight is 380 g/mol. The van der Waals surface area contributed by atoms with Crippen molar-refractivity contribution in [3.05, 3.63) is 48.5 Å². The fourth-order valence-corrected chi connectivity index (χ4v) is 2.13. The van der Waals surface area contributed by atoms with Crippen molar-refractivity contribution in [2.45, 2.75) is 13.8 Å². The number of hydrogen-bond donors (Lipinski definition) is 2. The molecule has 0 aliphatic rings. The van der Waals surface area contributed by atoms with Gasteiger partial charge in [0.1, 0.15) is 11.5 Å². The van der Waals surface area contributed by atoms with E-state index in [1.165, 1.54) is 0 Å². The minimum Gasteiger partial charge on any atom is -0.494 e. The van der Waals surface area contributed by atoms with Gasteiger partial charge in [-0.25, -0.2) is 0 Å². The van der Waals surface area contributed by atoms with Gasteiger partial charge in [0.2, 0.25) is 0 Å². The van der Waals surface area contributed by atoms with Gasteiger partial charge in [0.15, 0.2) is 5.11 Å². The first-order valence-electron chi connectivity index (χ1n) is 7.25. The van der Waals surface area contributed by atoms with Gasteiger partial charge in [0, 0.05) is 28.4 Å². The number of thiocarbonyl (C=S) groups is 1. The summed E-state index contributed by atoms with van der Waals surface area (Å²) in [5.41, 5.74) is 1.82. The summed E-state index contributed by atoms with van der Waals surface area (Å²) >= 11 is 5.30. The zero-order valence-corrected chi connectivity index (χ0v) is 14.8. The molecule has 0 fully saturated rings. The molecule has 0 atom stereocenters. The van der Waals surface area contributed by atoms with Crippen molar-refractivity contribution in [3.8, 4) is 11.5 Å². The van der Waals surface area contributed by atoms with E-state index in [0.29, 0.717) is 18.3 Å². The third kappa shape index (κ3) is 6.48. The van der Waals surface area contributed by atoms with Crippen molar-refractivity contribution < 1.29 is 26.5 Å². The zero-order chi connectivity index (χ0) is 15.8. The Morgan fingerprint density at radius 1 is 0.783 bits per heavy atom. The van der Waals surface area contributed by atoms with Crippen molar-refractivity contribution >= 4 is 28.7 Å². The summed E-state index contributed by atoms with van der Waals surface area (Å²) in [6, 6.07) is 15.3. The van der Waals surface area contributed by atoms with Crippen LogP contribution in [0.25, 0.3) is 0 Å². The number of anilines is 2. The Hall–Kier alpha value is -1.75. The number of hydrogen-bond acceptors (Lipinski definition) is 3. The van der Waals surface area contributed by atoms with Gasteiger partial charge in [-0.1, -0.05) is 0 Å². The van der Waals surface area contributed by atoms with Crippen LogP contribution < -0.4 is 20.1 Å². The largest absolute Gasteiger partial charge is 0.494 e. The Bertz CT molecular complexity index is 549. The minimum atomic E-state index is 0. The van der Waals surface area contributed by atoms with Crippen LogP contribution in [0.15, 0.2) is 48.5 Å². The molecule has 0 bridgehead atoms. The predicted octanol–water partition coefficient (Wildman–Crippen LogP) is 4.29. The van der Waals surface area contributed by atoms with Crippen molar-refractivity contribution in [1.82, 2.24) is 0 Å². The Labute approximate surface area is 153 Å². The van der Waals surface area contributed by atoms with E-state index in [9.17, 15) is 0 Å². The van der Waals surface area contributed by atoms with E-state index in [1.807, 2.05) is 62.4 Å². The van der Waals surface area contributed by atoms with Gasteiger partial charge in [-0.05, 0) is 74.6 Å². The number of rotatable bonds is 6. The van der Waals surface area contributed by atoms with Crippen molar-refractivity contribution in [2.24, 2.45) is 0 Å². The van der Waals surface area contributed by atoms with Gasteiger partial charge in [0.05, 0.1) is 13.2 Å². The molecule has 0 heterocycles. The van der Waals surface area contributed by atoms with Crippen molar-refractivity contribution in [3.63, 3.8) is 0 Å². The van der Waals surface area contributed by atoms with Gasteiger partial charge in [-0.2, -0.15) is 0 Å². The van der Waals surface area contributed by atoms with Crippen LogP contribution >= 0.6 is 12.2 Å². The predicted molar refractivity (Wildman–Crippen MR) is 95.1 cm³/mol. The molecular weight excluding hydrogens is 360 g/mol. The van der Waals surface area contributed by atoms with Gasteiger partial charge < -0.3 is 20.1 Å². The second-order valence-corrected chi connectivity index (χ2v) is 4.90. The van der Waals surface area contributed by atoms with Gasteiger partial charge in [0.25, 0.3) is 0 Å². The quantitative estimate of drug-likeness (QED) is 0.579. The maximum Gasteiger partial charge on any atom is 0.175 e. The van der Waals surface area contributed by atoms with Crippen LogP contribution in [-0.2, 0) is 17.1 Å². The third-order valence-electron chi connectivity index (χ3n) is 2.85. The first-order chi connectivity index (χ1) is 10.7. The molecule has 2 N–H and O–H groups in total. The van der Waals surface area contributed by atoms with E-state index >= 15 is 0 Å². The summed E-state index contributed by atoms with van der Waals surface area (Å²) in [6.45, 7) is 5.24. The van der Waals surface area contributed by atoms with E-state index in [0.717, 1.165) is 22.9 Å². The summed E-state index contributed by atoms with van der Waals surface area (Å²) in [6.07, 6.45) is 0. The summed E-state index contributed by atoms with van der Waals surface area (Å²) in [4.78, 5) is 0. The smallest absolute Gasteiger partial charge is 0.175 e. The van der Waals surface area contributed by atoms with Crippen molar-refractivity contribution in [1.29, 1.82) is 0 Å². The Kier molecular flexibility index (Phi) is 8.48. The molecule has 0 amide bonds. The summed E-state index contributed by atoms with van der Waals surface area (Å²) < 4.78 is 10.8. The molecule has 127 valence electrons. The molecule has 2 aromatic rings. The standard InChI is InChI=1S/C17H20N2O2S.Cu/c1-3-20-15-9-5-13(6-10-15)18-17(22)19-14-7-11-16(12-8-14)21-4-2;/h5-12H,3-4H2,1-2H3,(H2,18,19,22);. The van der Waals surface area contributed by atoms with Crippen LogP contribution in [-0.4, -0.2) is 18.3 Å². The number of ether oxygens (including phenoxy) is 2. The minimum absolute atomic E-state index is 0. The molecule has 4 nitrogen and oxygen atoms in total. The molecule has 0 saturated heterocycles. The molecule has 0 spiro atoms. The first kappa shape index (κ1) is 19.3. The van der Waals surface area contributed by atoms with E-state index < -0.39 is 0 Å². The second-order valence-electron chi connectivity index (χ2n) is 4.49. The molecule has 2 rings (SSSR count). The Balaban J connectivity index is 0.00000264.